The van der Waals surface area contributed by atoms with Crippen molar-refractivity contribution in [3.05, 3.63) is 66.0 Å². The molecule has 0 aliphatic carbocycles. The maximum absolute atomic E-state index is 12.2. The molecule has 1 aliphatic heterocycles. The van der Waals surface area contributed by atoms with Crippen molar-refractivity contribution in [1.29, 1.82) is 0 Å². The van der Waals surface area contributed by atoms with Crippen LogP contribution in [-0.4, -0.2) is 41.5 Å². The first-order chi connectivity index (χ1) is 12.2. The van der Waals surface area contributed by atoms with E-state index in [0.717, 1.165) is 36.6 Å². The van der Waals surface area contributed by atoms with Crippen molar-refractivity contribution in [3.8, 4) is 5.75 Å². The topological polar surface area (TPSA) is 54.5 Å². The van der Waals surface area contributed by atoms with Crippen LogP contribution in [0.2, 0.25) is 0 Å². The Morgan fingerprint density at radius 2 is 2.16 bits per heavy atom. The Kier molecular flexibility index (Phi) is 5.80. The quantitative estimate of drug-likeness (QED) is 0.852. The van der Waals surface area contributed by atoms with Crippen molar-refractivity contribution in [2.45, 2.75) is 19.6 Å². The predicted octanol–water partition coefficient (Wildman–Crippen LogP) is 2.49. The molecule has 5 heteroatoms. The minimum atomic E-state index is 0.0591. The van der Waals surface area contributed by atoms with E-state index in [9.17, 15) is 4.79 Å². The van der Waals surface area contributed by atoms with E-state index in [1.807, 2.05) is 53.4 Å². The van der Waals surface area contributed by atoms with Gasteiger partial charge in [-0.25, -0.2) is 0 Å². The van der Waals surface area contributed by atoms with Gasteiger partial charge in [0.2, 0.25) is 5.91 Å². The molecule has 2 heterocycles. The number of pyridine rings is 1. The predicted molar refractivity (Wildman–Crippen MR) is 98.1 cm³/mol. The number of amides is 1. The van der Waals surface area contributed by atoms with Gasteiger partial charge in [0.1, 0.15) is 12.4 Å². The summed E-state index contributed by atoms with van der Waals surface area (Å²) >= 11 is 0. The molecule has 2 aromatic rings. The lowest BCUT2D eigenvalue weighted by molar-refractivity contribution is -0.127. The van der Waals surface area contributed by atoms with Gasteiger partial charge in [0.05, 0.1) is 5.69 Å². The molecule has 1 unspecified atom stereocenters. The minimum absolute atomic E-state index is 0.0591. The number of hydrogen-bond acceptors (Lipinski definition) is 4. The first kappa shape index (κ1) is 17.2. The lowest BCUT2D eigenvalue weighted by atomic mass is 10.2. The number of ether oxygens (including phenoxy) is 1. The van der Waals surface area contributed by atoms with Crippen molar-refractivity contribution in [2.75, 3.05) is 19.6 Å². The number of aromatic nitrogens is 1. The van der Waals surface area contributed by atoms with E-state index >= 15 is 0 Å². The Bertz CT molecular complexity index is 713. The molecule has 1 N–H and O–H groups in total. The van der Waals surface area contributed by atoms with E-state index in [1.54, 1.807) is 12.3 Å². The van der Waals surface area contributed by atoms with Crippen molar-refractivity contribution in [1.82, 2.24) is 15.2 Å². The van der Waals surface area contributed by atoms with Crippen molar-refractivity contribution in [3.63, 3.8) is 0 Å². The van der Waals surface area contributed by atoms with Crippen LogP contribution in [0.5, 0.6) is 5.75 Å². The van der Waals surface area contributed by atoms with Crippen LogP contribution in [0.3, 0.4) is 0 Å². The normalized spacial score (nSPS) is 17.6. The molecule has 1 aromatic carbocycles. The SMILES string of the molecule is CC1CN(C(=O)/C=C/c2ccc(OCc3ccccn3)cc2)CCN1. The third kappa shape index (κ3) is 5.16. The van der Waals surface area contributed by atoms with Crippen LogP contribution in [0.1, 0.15) is 18.2 Å². The summed E-state index contributed by atoms with van der Waals surface area (Å²) in [6, 6.07) is 13.8. The van der Waals surface area contributed by atoms with E-state index in [1.165, 1.54) is 0 Å². The van der Waals surface area contributed by atoms with Crippen molar-refractivity contribution in [2.24, 2.45) is 0 Å². The zero-order chi connectivity index (χ0) is 17.5. The molecular formula is C20H23N3O2. The minimum Gasteiger partial charge on any atom is -0.487 e. The van der Waals surface area contributed by atoms with Crippen molar-refractivity contribution < 1.29 is 9.53 Å². The van der Waals surface area contributed by atoms with Crippen LogP contribution >= 0.6 is 0 Å². The van der Waals surface area contributed by atoms with Crippen LogP contribution in [-0.2, 0) is 11.4 Å². The van der Waals surface area contributed by atoms with Crippen LogP contribution in [0.25, 0.3) is 6.08 Å². The van der Waals surface area contributed by atoms with E-state index < -0.39 is 0 Å². The molecule has 1 atom stereocenters. The smallest absolute Gasteiger partial charge is 0.246 e. The Balaban J connectivity index is 1.52. The molecule has 0 saturated carbocycles. The molecule has 1 saturated heterocycles. The number of nitrogens with zero attached hydrogens (tertiary/aromatic N) is 2. The zero-order valence-corrected chi connectivity index (χ0v) is 14.4. The molecular weight excluding hydrogens is 314 g/mol. The monoisotopic (exact) mass is 337 g/mol. The summed E-state index contributed by atoms with van der Waals surface area (Å²) in [4.78, 5) is 18.3. The summed E-state index contributed by atoms with van der Waals surface area (Å²) in [5.41, 5.74) is 1.86. The Morgan fingerprint density at radius 3 is 2.88 bits per heavy atom. The summed E-state index contributed by atoms with van der Waals surface area (Å²) in [5.74, 6) is 0.842. The molecule has 3 rings (SSSR count). The van der Waals surface area contributed by atoms with Crippen LogP contribution in [0, 0.1) is 0 Å². The highest BCUT2D eigenvalue weighted by atomic mass is 16.5. The Hall–Kier alpha value is -2.66. The molecule has 1 aliphatic rings. The molecule has 1 amide bonds. The summed E-state index contributed by atoms with van der Waals surface area (Å²) in [7, 11) is 0. The van der Waals surface area contributed by atoms with Gasteiger partial charge in [-0.1, -0.05) is 18.2 Å². The Morgan fingerprint density at radius 1 is 1.32 bits per heavy atom. The summed E-state index contributed by atoms with van der Waals surface area (Å²) in [5, 5.41) is 3.33. The third-order valence-electron chi connectivity index (χ3n) is 4.09. The second-order valence-electron chi connectivity index (χ2n) is 6.15. The highest BCUT2D eigenvalue weighted by molar-refractivity contribution is 5.91. The fourth-order valence-electron chi connectivity index (χ4n) is 2.72. The number of hydrogen-bond donors (Lipinski definition) is 1. The average Bonchev–Trinajstić information content (AvgIpc) is 2.66. The fraction of sp³-hybridized carbons (Fsp3) is 0.300. The second kappa shape index (κ2) is 8.44. The first-order valence-electron chi connectivity index (χ1n) is 8.54. The van der Waals surface area contributed by atoms with Crippen LogP contribution < -0.4 is 10.1 Å². The number of benzene rings is 1. The summed E-state index contributed by atoms with van der Waals surface area (Å²) in [6.07, 6.45) is 5.24. The van der Waals surface area contributed by atoms with Gasteiger partial charge in [-0.2, -0.15) is 0 Å². The molecule has 1 fully saturated rings. The van der Waals surface area contributed by atoms with E-state index in [-0.39, 0.29) is 5.91 Å². The van der Waals surface area contributed by atoms with Gasteiger partial charge in [0.25, 0.3) is 0 Å². The highest BCUT2D eigenvalue weighted by Crippen LogP contribution is 2.15. The standard InChI is InChI=1S/C20H23N3O2/c1-16-14-23(13-12-21-16)20(24)10-7-17-5-8-19(9-6-17)25-15-18-4-2-3-11-22-18/h2-11,16,21H,12-15H2,1H3/b10-7+. The summed E-state index contributed by atoms with van der Waals surface area (Å²) in [6.45, 7) is 4.89. The second-order valence-corrected chi connectivity index (χ2v) is 6.15. The lowest BCUT2D eigenvalue weighted by Crippen LogP contribution is -2.50. The molecule has 130 valence electrons. The zero-order valence-electron chi connectivity index (χ0n) is 14.4. The molecule has 1 aromatic heterocycles. The molecule has 0 radical (unpaired) electrons. The molecule has 5 nitrogen and oxygen atoms in total. The van der Waals surface area contributed by atoms with E-state index in [0.29, 0.717) is 12.6 Å². The van der Waals surface area contributed by atoms with Crippen molar-refractivity contribution >= 4 is 12.0 Å². The number of rotatable bonds is 5. The highest BCUT2D eigenvalue weighted by Gasteiger charge is 2.18. The molecule has 25 heavy (non-hydrogen) atoms. The van der Waals surface area contributed by atoms with Gasteiger partial charge in [0, 0.05) is 37.9 Å². The van der Waals surface area contributed by atoms with Gasteiger partial charge >= 0.3 is 0 Å². The van der Waals surface area contributed by atoms with E-state index in [2.05, 4.69) is 17.2 Å². The van der Waals surface area contributed by atoms with Gasteiger partial charge in [0.15, 0.2) is 0 Å². The fourth-order valence-corrected chi connectivity index (χ4v) is 2.72. The largest absolute Gasteiger partial charge is 0.487 e. The lowest BCUT2D eigenvalue weighted by Gasteiger charge is -2.31. The molecule has 0 spiro atoms. The van der Waals surface area contributed by atoms with Gasteiger partial charge in [-0.05, 0) is 42.8 Å². The third-order valence-corrected chi connectivity index (χ3v) is 4.09. The maximum atomic E-state index is 12.2. The maximum Gasteiger partial charge on any atom is 0.246 e. The number of nitrogens with one attached hydrogen (secondary N) is 1. The van der Waals surface area contributed by atoms with E-state index in [4.69, 9.17) is 4.74 Å². The van der Waals surface area contributed by atoms with Gasteiger partial charge in [-0.3, -0.25) is 9.78 Å². The van der Waals surface area contributed by atoms with Crippen LogP contribution in [0.4, 0.5) is 0 Å². The number of carbonyl (C=O) groups excluding carboxylic acids is 1. The first-order valence-corrected chi connectivity index (χ1v) is 8.54. The Labute approximate surface area is 148 Å². The van der Waals surface area contributed by atoms with Gasteiger partial charge in [-0.15, -0.1) is 0 Å². The summed E-state index contributed by atoms with van der Waals surface area (Å²) < 4.78 is 5.71. The average molecular weight is 337 g/mol. The number of piperazine rings is 1. The molecule has 0 bridgehead atoms. The van der Waals surface area contributed by atoms with Gasteiger partial charge < -0.3 is 15.0 Å². The number of carbonyl (C=O) groups is 1. The van der Waals surface area contributed by atoms with Crippen LogP contribution in [0.15, 0.2) is 54.7 Å².